The summed E-state index contributed by atoms with van der Waals surface area (Å²) in [4.78, 5) is 7.78. The topological polar surface area (TPSA) is 43.3 Å². The van der Waals surface area contributed by atoms with Gasteiger partial charge in [0.25, 0.3) is 0 Å². The maximum absolute atomic E-state index is 6.77. The summed E-state index contributed by atoms with van der Waals surface area (Å²) in [5, 5.41) is 1.58. The van der Waals surface area contributed by atoms with Gasteiger partial charge in [-0.15, -0.1) is 0 Å². The van der Waals surface area contributed by atoms with Crippen LogP contribution in [0.5, 0.6) is 0 Å². The van der Waals surface area contributed by atoms with Crippen LogP contribution in [-0.2, 0) is 34.0 Å². The van der Waals surface area contributed by atoms with Crippen molar-refractivity contribution in [1.29, 1.82) is 0 Å². The Labute approximate surface area is 236 Å². The molecule has 1 saturated carbocycles. The van der Waals surface area contributed by atoms with Crippen molar-refractivity contribution in [3.05, 3.63) is 108 Å². The first kappa shape index (κ1) is 26.6. The maximum Gasteiger partial charge on any atom is 0.159 e. The summed E-state index contributed by atoms with van der Waals surface area (Å²) in [6.45, 7) is 4.57. The van der Waals surface area contributed by atoms with E-state index in [1.54, 1.807) is 0 Å². The lowest BCUT2D eigenvalue weighted by atomic mass is 9.81. The Morgan fingerprint density at radius 3 is 1.82 bits per heavy atom. The average Bonchev–Trinajstić information content (AvgIpc) is 3.67. The summed E-state index contributed by atoms with van der Waals surface area (Å²) >= 11 is 1.95. The van der Waals surface area contributed by atoms with Gasteiger partial charge in [-0.25, -0.2) is 0 Å². The van der Waals surface area contributed by atoms with Crippen molar-refractivity contribution in [1.82, 2.24) is 4.90 Å². The Kier molecular flexibility index (Phi) is 8.96. The molecule has 3 aromatic rings. The summed E-state index contributed by atoms with van der Waals surface area (Å²) < 4.78 is 19.9. The predicted molar refractivity (Wildman–Crippen MR) is 158 cm³/mol. The lowest BCUT2D eigenvalue weighted by Crippen LogP contribution is -2.54. The maximum atomic E-state index is 6.77. The molecule has 5 atom stereocenters. The molecule has 6 rings (SSSR count). The number of amidine groups is 1. The Morgan fingerprint density at radius 2 is 1.23 bits per heavy atom. The molecule has 0 aromatic heterocycles. The van der Waals surface area contributed by atoms with Gasteiger partial charge in [-0.1, -0.05) is 103 Å². The fourth-order valence-electron chi connectivity index (χ4n) is 5.90. The monoisotopic (exact) mass is 542 g/mol. The SMILES string of the molecule is c1ccc(COC[C@H]2C[C@@H]3SC(N4CCCC4)=N[C@@H]3[C@@H](OCc3ccccc3)[C@@H]2OCc2ccccc2)cc1. The molecule has 1 aliphatic carbocycles. The number of hydrogen-bond donors (Lipinski definition) is 0. The Morgan fingerprint density at radius 1 is 0.692 bits per heavy atom. The standard InChI is InChI=1S/C33H38N2O3S/c1-4-12-25(13-5-1)21-36-24-28-20-29-30(34-33(39-29)35-18-10-11-19-35)32(38-23-27-16-8-3-9-17-27)31(28)37-22-26-14-6-2-7-15-26/h1-9,12-17,28-32H,10-11,18-24H2/t28-,29+,30+,31-,32-/m1/s1. The van der Waals surface area contributed by atoms with E-state index in [9.17, 15) is 0 Å². The van der Waals surface area contributed by atoms with Crippen molar-refractivity contribution >= 4 is 16.9 Å². The number of nitrogens with zero attached hydrogens (tertiary/aromatic N) is 2. The van der Waals surface area contributed by atoms with Crippen LogP contribution in [0.25, 0.3) is 0 Å². The molecular weight excluding hydrogens is 504 g/mol. The fraction of sp³-hybridized carbons (Fsp3) is 0.424. The van der Waals surface area contributed by atoms with E-state index in [1.165, 1.54) is 34.7 Å². The van der Waals surface area contributed by atoms with E-state index in [1.807, 2.05) is 30.0 Å². The third-order valence-electron chi connectivity index (χ3n) is 7.95. The molecule has 2 fully saturated rings. The molecule has 1 saturated heterocycles. The molecule has 39 heavy (non-hydrogen) atoms. The molecule has 3 aromatic carbocycles. The van der Waals surface area contributed by atoms with Gasteiger partial charge in [0.2, 0.25) is 0 Å². The lowest BCUT2D eigenvalue weighted by Gasteiger charge is -2.42. The van der Waals surface area contributed by atoms with Gasteiger partial charge in [0, 0.05) is 24.3 Å². The minimum Gasteiger partial charge on any atom is -0.376 e. The summed E-state index contributed by atoms with van der Waals surface area (Å²) in [6.07, 6.45) is 3.28. The second-order valence-corrected chi connectivity index (χ2v) is 12.0. The van der Waals surface area contributed by atoms with Crippen LogP contribution in [-0.4, -0.2) is 53.3 Å². The quantitative estimate of drug-likeness (QED) is 0.300. The Bertz CT molecular complexity index is 1190. The normalized spacial score (nSPS) is 26.4. The molecule has 0 unspecified atom stereocenters. The van der Waals surface area contributed by atoms with E-state index < -0.39 is 0 Å². The zero-order valence-corrected chi connectivity index (χ0v) is 23.3. The molecule has 0 N–H and O–H groups in total. The molecule has 0 amide bonds. The van der Waals surface area contributed by atoms with Crippen LogP contribution in [0.2, 0.25) is 0 Å². The zero-order chi connectivity index (χ0) is 26.3. The van der Waals surface area contributed by atoms with Gasteiger partial charge in [0.15, 0.2) is 5.17 Å². The fourth-order valence-corrected chi connectivity index (χ4v) is 7.39. The van der Waals surface area contributed by atoms with Gasteiger partial charge >= 0.3 is 0 Å². The number of aliphatic imine (C=N–C) groups is 1. The zero-order valence-electron chi connectivity index (χ0n) is 22.4. The number of fused-ring (bicyclic) bond motifs is 1. The Balaban J connectivity index is 1.24. The second kappa shape index (κ2) is 13.1. The van der Waals surface area contributed by atoms with Crippen molar-refractivity contribution in [2.75, 3.05) is 19.7 Å². The third kappa shape index (κ3) is 6.75. The second-order valence-electron chi connectivity index (χ2n) is 10.8. The minimum absolute atomic E-state index is 0.0838. The highest BCUT2D eigenvalue weighted by Crippen LogP contribution is 2.44. The molecule has 204 valence electrons. The van der Waals surface area contributed by atoms with Crippen LogP contribution >= 0.6 is 11.8 Å². The summed E-state index contributed by atoms with van der Waals surface area (Å²) in [6, 6.07) is 31.4. The summed E-state index contributed by atoms with van der Waals surface area (Å²) in [7, 11) is 0. The first-order valence-corrected chi connectivity index (χ1v) is 15.1. The summed E-state index contributed by atoms with van der Waals surface area (Å²) in [5.41, 5.74) is 3.54. The van der Waals surface area contributed by atoms with Crippen molar-refractivity contribution in [3.63, 3.8) is 0 Å². The van der Waals surface area contributed by atoms with Gasteiger partial charge in [-0.3, -0.25) is 4.99 Å². The highest BCUT2D eigenvalue weighted by Gasteiger charge is 2.50. The largest absolute Gasteiger partial charge is 0.376 e. The average molecular weight is 543 g/mol. The lowest BCUT2D eigenvalue weighted by molar-refractivity contribution is -0.145. The highest BCUT2D eigenvalue weighted by molar-refractivity contribution is 8.14. The summed E-state index contributed by atoms with van der Waals surface area (Å²) in [5.74, 6) is 0.222. The van der Waals surface area contributed by atoms with E-state index in [4.69, 9.17) is 19.2 Å². The van der Waals surface area contributed by atoms with E-state index in [0.717, 1.165) is 19.5 Å². The molecule has 3 aliphatic rings. The van der Waals surface area contributed by atoms with Gasteiger partial charge < -0.3 is 19.1 Å². The molecular formula is C33H38N2O3S. The molecule has 2 aliphatic heterocycles. The number of likely N-dealkylation sites (tertiary alicyclic amines) is 1. The van der Waals surface area contributed by atoms with Crippen molar-refractivity contribution in [2.45, 2.75) is 62.6 Å². The van der Waals surface area contributed by atoms with Gasteiger partial charge in [0.1, 0.15) is 6.10 Å². The highest BCUT2D eigenvalue weighted by atomic mass is 32.2. The van der Waals surface area contributed by atoms with Gasteiger partial charge in [-0.2, -0.15) is 0 Å². The van der Waals surface area contributed by atoms with Crippen molar-refractivity contribution in [2.24, 2.45) is 10.9 Å². The molecule has 0 spiro atoms. The van der Waals surface area contributed by atoms with Crippen LogP contribution < -0.4 is 0 Å². The molecule has 6 heteroatoms. The first-order chi connectivity index (χ1) is 19.3. The number of hydrogen-bond acceptors (Lipinski definition) is 6. The minimum atomic E-state index is -0.134. The molecule has 5 nitrogen and oxygen atoms in total. The number of ether oxygens (including phenoxy) is 3. The number of rotatable bonds is 10. The van der Waals surface area contributed by atoms with Crippen LogP contribution in [0.1, 0.15) is 36.0 Å². The van der Waals surface area contributed by atoms with E-state index in [0.29, 0.717) is 31.7 Å². The van der Waals surface area contributed by atoms with E-state index in [2.05, 4.69) is 77.7 Å². The predicted octanol–water partition coefficient (Wildman–Crippen LogP) is 6.33. The third-order valence-corrected chi connectivity index (χ3v) is 9.30. The van der Waals surface area contributed by atoms with Crippen LogP contribution in [0.3, 0.4) is 0 Å². The van der Waals surface area contributed by atoms with Gasteiger partial charge in [0.05, 0.1) is 38.6 Å². The molecule has 0 radical (unpaired) electrons. The van der Waals surface area contributed by atoms with E-state index in [-0.39, 0.29) is 24.2 Å². The van der Waals surface area contributed by atoms with Gasteiger partial charge in [-0.05, 0) is 36.0 Å². The number of thioether (sulfide) groups is 1. The Hall–Kier alpha value is -2.64. The number of benzene rings is 3. The van der Waals surface area contributed by atoms with Crippen LogP contribution in [0, 0.1) is 5.92 Å². The van der Waals surface area contributed by atoms with Crippen LogP contribution in [0.4, 0.5) is 0 Å². The van der Waals surface area contributed by atoms with E-state index >= 15 is 0 Å². The van der Waals surface area contributed by atoms with Crippen molar-refractivity contribution < 1.29 is 14.2 Å². The van der Waals surface area contributed by atoms with Crippen LogP contribution in [0.15, 0.2) is 96.0 Å². The first-order valence-electron chi connectivity index (χ1n) is 14.3. The smallest absolute Gasteiger partial charge is 0.159 e. The van der Waals surface area contributed by atoms with Crippen molar-refractivity contribution in [3.8, 4) is 0 Å². The molecule has 0 bridgehead atoms. The molecule has 2 heterocycles.